The van der Waals surface area contributed by atoms with Crippen molar-refractivity contribution in [2.24, 2.45) is 5.92 Å². The first-order valence-electron chi connectivity index (χ1n) is 9.62. The predicted molar refractivity (Wildman–Crippen MR) is 108 cm³/mol. The molecule has 0 radical (unpaired) electrons. The molecule has 1 saturated heterocycles. The first-order valence-corrected chi connectivity index (χ1v) is 9.62. The minimum absolute atomic E-state index is 0.0230. The molecule has 2 amide bonds. The van der Waals surface area contributed by atoms with E-state index in [1.165, 1.54) is 4.90 Å². The summed E-state index contributed by atoms with van der Waals surface area (Å²) in [4.78, 5) is 34.5. The number of carbonyl (C=O) groups excluding carboxylic acids is 2. The van der Waals surface area contributed by atoms with Crippen LogP contribution < -0.4 is 10.2 Å². The van der Waals surface area contributed by atoms with Crippen molar-refractivity contribution in [3.63, 3.8) is 0 Å². The molecule has 30 heavy (non-hydrogen) atoms. The Bertz CT molecular complexity index is 1030. The Balaban J connectivity index is 1.49. The Morgan fingerprint density at radius 1 is 1.20 bits per heavy atom. The van der Waals surface area contributed by atoms with Crippen LogP contribution in [0.25, 0.3) is 11.4 Å². The molecule has 9 heteroatoms. The van der Waals surface area contributed by atoms with Gasteiger partial charge in [-0.15, -0.1) is 0 Å². The van der Waals surface area contributed by atoms with Crippen LogP contribution in [0, 0.1) is 5.92 Å². The maximum atomic E-state index is 12.8. The van der Waals surface area contributed by atoms with Gasteiger partial charge in [0.05, 0.1) is 6.54 Å². The van der Waals surface area contributed by atoms with Crippen molar-refractivity contribution in [2.45, 2.75) is 19.9 Å². The highest BCUT2D eigenvalue weighted by Gasteiger charge is 2.26. The Kier molecular flexibility index (Phi) is 5.42. The largest absolute Gasteiger partial charge is 0.447 e. The molecule has 0 spiro atoms. The number of nitrogens with one attached hydrogen (secondary N) is 1. The van der Waals surface area contributed by atoms with E-state index in [1.807, 2.05) is 19.9 Å². The second-order valence-corrected chi connectivity index (χ2v) is 7.21. The molecular formula is C21H21N5O4. The zero-order chi connectivity index (χ0) is 21.1. The normalized spacial score (nSPS) is 14.6. The molecule has 0 saturated carbocycles. The summed E-state index contributed by atoms with van der Waals surface area (Å²) in [7, 11) is 0. The molecule has 1 atom stereocenters. The summed E-state index contributed by atoms with van der Waals surface area (Å²) >= 11 is 0. The number of cyclic esters (lactones) is 1. The molecule has 1 unspecified atom stereocenters. The number of hydrogen-bond donors (Lipinski definition) is 1. The average Bonchev–Trinajstić information content (AvgIpc) is 3.42. The van der Waals surface area contributed by atoms with Gasteiger partial charge in [-0.2, -0.15) is 4.98 Å². The molecular weight excluding hydrogens is 386 g/mol. The van der Waals surface area contributed by atoms with Gasteiger partial charge < -0.3 is 14.6 Å². The number of carbonyl (C=O) groups is 2. The van der Waals surface area contributed by atoms with Gasteiger partial charge in [-0.1, -0.05) is 19.0 Å². The second kappa shape index (κ2) is 8.32. The van der Waals surface area contributed by atoms with E-state index in [0.717, 1.165) is 5.56 Å². The monoisotopic (exact) mass is 407 g/mol. The molecule has 3 aromatic rings. The van der Waals surface area contributed by atoms with Gasteiger partial charge in [-0.05, 0) is 42.3 Å². The Morgan fingerprint density at radius 2 is 2.00 bits per heavy atom. The van der Waals surface area contributed by atoms with Crippen molar-refractivity contribution in [1.82, 2.24) is 20.4 Å². The van der Waals surface area contributed by atoms with E-state index in [0.29, 0.717) is 36.1 Å². The summed E-state index contributed by atoms with van der Waals surface area (Å²) < 4.78 is 10.4. The van der Waals surface area contributed by atoms with Crippen LogP contribution in [0.3, 0.4) is 0 Å². The van der Waals surface area contributed by atoms with Crippen molar-refractivity contribution in [1.29, 1.82) is 0 Å². The molecule has 0 bridgehead atoms. The Morgan fingerprint density at radius 3 is 2.63 bits per heavy atom. The van der Waals surface area contributed by atoms with Crippen LogP contribution >= 0.6 is 0 Å². The quantitative estimate of drug-likeness (QED) is 0.668. The van der Waals surface area contributed by atoms with Gasteiger partial charge in [-0.25, -0.2) is 4.79 Å². The van der Waals surface area contributed by atoms with E-state index >= 15 is 0 Å². The molecule has 3 heterocycles. The van der Waals surface area contributed by atoms with Crippen LogP contribution in [-0.4, -0.2) is 40.3 Å². The number of aromatic nitrogens is 3. The number of rotatable bonds is 6. The fourth-order valence-corrected chi connectivity index (χ4v) is 3.13. The van der Waals surface area contributed by atoms with Crippen LogP contribution in [0.1, 0.15) is 36.1 Å². The summed E-state index contributed by atoms with van der Waals surface area (Å²) in [6, 6.07) is 9.95. The third-order valence-corrected chi connectivity index (χ3v) is 4.78. The molecule has 1 fully saturated rings. The molecule has 1 aliphatic heterocycles. The molecule has 2 aromatic heterocycles. The van der Waals surface area contributed by atoms with Crippen LogP contribution in [0.2, 0.25) is 0 Å². The standard InChI is InChI=1S/C21H21N5O4/c1-13(2)17(20-24-18(25-30-20)15-4-3-9-22-12-15)23-19(27)14-5-7-16(8-6-14)26-10-11-29-21(26)28/h3-9,12-13,17H,10-11H2,1-2H3,(H,23,27). The minimum Gasteiger partial charge on any atom is -0.447 e. The van der Waals surface area contributed by atoms with Crippen molar-refractivity contribution < 1.29 is 18.8 Å². The third-order valence-electron chi connectivity index (χ3n) is 4.78. The molecule has 1 aliphatic rings. The molecule has 154 valence electrons. The number of pyridine rings is 1. The first kappa shape index (κ1) is 19.6. The highest BCUT2D eigenvalue weighted by Crippen LogP contribution is 2.24. The van der Waals surface area contributed by atoms with Gasteiger partial charge >= 0.3 is 6.09 Å². The maximum Gasteiger partial charge on any atom is 0.414 e. The zero-order valence-electron chi connectivity index (χ0n) is 16.6. The summed E-state index contributed by atoms with van der Waals surface area (Å²) in [5, 5.41) is 6.96. The van der Waals surface area contributed by atoms with Crippen molar-refractivity contribution in [3.05, 3.63) is 60.2 Å². The lowest BCUT2D eigenvalue weighted by Gasteiger charge is -2.19. The number of nitrogens with zero attached hydrogens (tertiary/aromatic N) is 4. The average molecular weight is 407 g/mol. The number of ether oxygens (including phenoxy) is 1. The number of hydrogen-bond acceptors (Lipinski definition) is 7. The van der Waals surface area contributed by atoms with E-state index in [1.54, 1.807) is 42.7 Å². The van der Waals surface area contributed by atoms with E-state index in [2.05, 4.69) is 20.4 Å². The van der Waals surface area contributed by atoms with E-state index in [-0.39, 0.29) is 17.9 Å². The Hall–Kier alpha value is -3.75. The fourth-order valence-electron chi connectivity index (χ4n) is 3.13. The van der Waals surface area contributed by atoms with Gasteiger partial charge in [0.25, 0.3) is 5.91 Å². The Labute approximate surface area is 173 Å². The van der Waals surface area contributed by atoms with Crippen LogP contribution in [0.15, 0.2) is 53.3 Å². The van der Waals surface area contributed by atoms with Crippen LogP contribution in [-0.2, 0) is 4.74 Å². The van der Waals surface area contributed by atoms with Crippen molar-refractivity contribution in [3.8, 4) is 11.4 Å². The lowest BCUT2D eigenvalue weighted by molar-refractivity contribution is 0.0914. The van der Waals surface area contributed by atoms with Crippen molar-refractivity contribution >= 4 is 17.7 Å². The van der Waals surface area contributed by atoms with Gasteiger partial charge in [0.1, 0.15) is 12.6 Å². The van der Waals surface area contributed by atoms with Gasteiger partial charge in [0.15, 0.2) is 0 Å². The third kappa shape index (κ3) is 4.00. The number of benzene rings is 1. The summed E-state index contributed by atoms with van der Waals surface area (Å²) in [6.07, 6.45) is 2.93. The van der Waals surface area contributed by atoms with Gasteiger partial charge in [0.2, 0.25) is 11.7 Å². The smallest absolute Gasteiger partial charge is 0.414 e. The van der Waals surface area contributed by atoms with Crippen LogP contribution in [0.5, 0.6) is 0 Å². The lowest BCUT2D eigenvalue weighted by atomic mass is 10.0. The van der Waals surface area contributed by atoms with Gasteiger partial charge in [0, 0.05) is 29.2 Å². The number of amides is 2. The molecule has 1 N–H and O–H groups in total. The summed E-state index contributed by atoms with van der Waals surface area (Å²) in [5.41, 5.74) is 1.88. The van der Waals surface area contributed by atoms with E-state index in [9.17, 15) is 9.59 Å². The lowest BCUT2D eigenvalue weighted by Crippen LogP contribution is -2.32. The minimum atomic E-state index is -0.455. The highest BCUT2D eigenvalue weighted by molar-refractivity contribution is 5.95. The molecule has 9 nitrogen and oxygen atoms in total. The van der Waals surface area contributed by atoms with Crippen LogP contribution in [0.4, 0.5) is 10.5 Å². The fraction of sp³-hybridized carbons (Fsp3) is 0.286. The SMILES string of the molecule is CC(C)C(NC(=O)c1ccc(N2CCOC2=O)cc1)c1nc(-c2cccnc2)no1. The van der Waals surface area contributed by atoms with Gasteiger partial charge in [-0.3, -0.25) is 14.7 Å². The van der Waals surface area contributed by atoms with E-state index in [4.69, 9.17) is 9.26 Å². The number of anilines is 1. The predicted octanol–water partition coefficient (Wildman–Crippen LogP) is 3.22. The summed E-state index contributed by atoms with van der Waals surface area (Å²) in [5.74, 6) is 0.494. The second-order valence-electron chi connectivity index (χ2n) is 7.21. The maximum absolute atomic E-state index is 12.8. The zero-order valence-corrected chi connectivity index (χ0v) is 16.6. The molecule has 1 aromatic carbocycles. The topological polar surface area (TPSA) is 110 Å². The van der Waals surface area contributed by atoms with E-state index < -0.39 is 6.04 Å². The van der Waals surface area contributed by atoms with Crippen molar-refractivity contribution in [2.75, 3.05) is 18.1 Å². The highest BCUT2D eigenvalue weighted by atomic mass is 16.6. The summed E-state index contributed by atoms with van der Waals surface area (Å²) in [6.45, 7) is 4.78. The first-order chi connectivity index (χ1) is 14.5. The molecule has 4 rings (SSSR count). The molecule has 0 aliphatic carbocycles.